The topological polar surface area (TPSA) is 111 Å². The van der Waals surface area contributed by atoms with Gasteiger partial charge in [0.25, 0.3) is 0 Å². The lowest BCUT2D eigenvalue weighted by Gasteiger charge is -2.36. The molecule has 316 valence electrons. The van der Waals surface area contributed by atoms with Crippen molar-refractivity contribution in [2.75, 3.05) is 53.1 Å². The van der Waals surface area contributed by atoms with Crippen molar-refractivity contribution in [2.45, 2.75) is 67.0 Å². The van der Waals surface area contributed by atoms with Crippen LogP contribution in [0.3, 0.4) is 0 Å². The third-order valence-electron chi connectivity index (χ3n) is 5.57. The second-order valence-electron chi connectivity index (χ2n) is 9.66. The number of methoxy groups -OCH3 is 1. The molecule has 0 saturated heterocycles. The molecule has 0 saturated carbocycles. The molecule has 2 amide bonds. The van der Waals surface area contributed by atoms with Crippen LogP contribution in [0.25, 0.3) is 0 Å². The van der Waals surface area contributed by atoms with Gasteiger partial charge in [-0.1, -0.05) is 6.58 Å². The van der Waals surface area contributed by atoms with Gasteiger partial charge >= 0.3 is 60.8 Å². The first kappa shape index (κ1) is 49.9. The van der Waals surface area contributed by atoms with Crippen molar-refractivity contribution in [1.29, 1.82) is 0 Å². The fourth-order valence-corrected chi connectivity index (χ4v) is 3.01. The van der Waals surface area contributed by atoms with Gasteiger partial charge in [0, 0.05) is 20.2 Å². The highest BCUT2D eigenvalue weighted by molar-refractivity contribution is 5.73. The summed E-state index contributed by atoms with van der Waals surface area (Å²) < 4.78 is 291. The molecule has 53 heavy (non-hydrogen) atoms. The van der Waals surface area contributed by atoms with Crippen LogP contribution >= 0.6 is 0 Å². The molecule has 0 aliphatic carbocycles. The van der Waals surface area contributed by atoms with E-state index in [1.54, 1.807) is 10.6 Å². The monoisotopic (exact) mass is 840 g/mol. The number of carbonyl (C=O) groups is 1. The Bertz CT molecular complexity index is 1160. The summed E-state index contributed by atoms with van der Waals surface area (Å²) >= 11 is 0. The van der Waals surface area contributed by atoms with Crippen LogP contribution in [-0.4, -0.2) is 126 Å². The summed E-state index contributed by atoms with van der Waals surface area (Å²) in [5, 5.41) is 6.74. The molecule has 0 aromatic carbocycles. The number of alkyl halides is 21. The number of hydrogen-bond acceptors (Lipinski definition) is 8. The average Bonchev–Trinajstić information content (AvgIpc) is 2.96. The Balaban J connectivity index is 4.94. The summed E-state index contributed by atoms with van der Waals surface area (Å²) in [5.41, 5.74) is 0. The van der Waals surface area contributed by atoms with Gasteiger partial charge in [-0.3, -0.25) is 0 Å². The van der Waals surface area contributed by atoms with Crippen molar-refractivity contribution in [1.82, 2.24) is 21.3 Å². The lowest BCUT2D eigenvalue weighted by Crippen LogP contribution is -2.62. The molecular weight excluding hydrogens is 815 g/mol. The van der Waals surface area contributed by atoms with Crippen LogP contribution in [0.4, 0.5) is 97.0 Å². The van der Waals surface area contributed by atoms with Gasteiger partial charge in [-0.25, -0.2) is 4.79 Å². The number of halogens is 21. The van der Waals surface area contributed by atoms with Crippen molar-refractivity contribution in [2.24, 2.45) is 0 Å². The first-order chi connectivity index (χ1) is 23.5. The van der Waals surface area contributed by atoms with E-state index in [1.165, 1.54) is 5.32 Å². The highest BCUT2D eigenvalue weighted by Crippen LogP contribution is 2.49. The number of rotatable bonds is 21. The molecule has 0 bridgehead atoms. The van der Waals surface area contributed by atoms with E-state index in [4.69, 9.17) is 4.74 Å². The maximum atomic E-state index is 14.0. The highest BCUT2D eigenvalue weighted by Gasteiger charge is 2.77. The second kappa shape index (κ2) is 18.0. The van der Waals surface area contributed by atoms with Gasteiger partial charge in [-0.15, -0.1) is 0 Å². The van der Waals surface area contributed by atoms with Crippen molar-refractivity contribution in [3.8, 4) is 0 Å². The van der Waals surface area contributed by atoms with E-state index in [1.807, 2.05) is 0 Å². The van der Waals surface area contributed by atoms with E-state index < -0.39 is 125 Å². The number of ether oxygens (including phenoxy) is 5. The minimum absolute atomic E-state index is 0.222. The number of nitrogens with one attached hydrogen (secondary N) is 4. The predicted molar refractivity (Wildman–Crippen MR) is 128 cm³/mol. The average molecular weight is 840 g/mol. The van der Waals surface area contributed by atoms with E-state index in [0.717, 1.165) is 0 Å². The van der Waals surface area contributed by atoms with Crippen LogP contribution in [0.15, 0.2) is 12.4 Å². The molecule has 0 aliphatic rings. The Morgan fingerprint density at radius 3 is 1.36 bits per heavy atom. The Labute approximate surface area is 281 Å². The first-order valence-electron chi connectivity index (χ1n) is 13.3. The minimum Gasteiger partial charge on any atom is -0.378 e. The minimum atomic E-state index is -7.09. The van der Waals surface area contributed by atoms with E-state index in [-0.39, 0.29) is 7.11 Å². The van der Waals surface area contributed by atoms with E-state index in [0.29, 0.717) is 0 Å². The van der Waals surface area contributed by atoms with Crippen LogP contribution in [0.5, 0.6) is 0 Å². The molecular formula is C22H25F21N4O6. The molecule has 0 rings (SSSR count). The largest absolute Gasteiger partial charge is 0.457 e. The maximum absolute atomic E-state index is 14.0. The smallest absolute Gasteiger partial charge is 0.378 e. The first-order valence-corrected chi connectivity index (χ1v) is 13.3. The lowest BCUT2D eigenvalue weighted by molar-refractivity contribution is -0.479. The maximum Gasteiger partial charge on any atom is 0.457 e. The summed E-state index contributed by atoms with van der Waals surface area (Å²) in [4.78, 5) is 11.6. The van der Waals surface area contributed by atoms with Crippen molar-refractivity contribution in [3.05, 3.63) is 12.4 Å². The van der Waals surface area contributed by atoms with Crippen LogP contribution in [0.1, 0.15) is 0 Å². The number of urea groups is 1. The van der Waals surface area contributed by atoms with Gasteiger partial charge in [0.15, 0.2) is 12.2 Å². The number of amides is 2. The van der Waals surface area contributed by atoms with Gasteiger partial charge in [-0.05, 0) is 0 Å². The SMILES string of the molecule is C=C(NCCOCCNC(=O)NCC(OC(F)(F)C(F)(OCC(F)(F)F)C(F)(F)F)C(F)(F)F)NCC(OC(F)(F)C(F)(OC)C(F)(F)F)C(F)(F)F. The molecule has 0 radical (unpaired) electrons. The summed E-state index contributed by atoms with van der Waals surface area (Å²) in [6, 6.07) is -1.70. The molecule has 4 unspecified atom stereocenters. The third-order valence-corrected chi connectivity index (χ3v) is 5.57. The van der Waals surface area contributed by atoms with Gasteiger partial charge in [0.05, 0.1) is 32.1 Å². The molecule has 0 fully saturated rings. The predicted octanol–water partition coefficient (Wildman–Crippen LogP) is 5.71. The normalized spacial score (nSPS) is 17.3. The van der Waals surface area contributed by atoms with Crippen LogP contribution in [0, 0.1) is 0 Å². The van der Waals surface area contributed by atoms with E-state index in [9.17, 15) is 97.0 Å². The van der Waals surface area contributed by atoms with Crippen LogP contribution < -0.4 is 21.3 Å². The lowest BCUT2D eigenvalue weighted by atomic mass is 10.2. The van der Waals surface area contributed by atoms with Gasteiger partial charge in [0.2, 0.25) is 0 Å². The van der Waals surface area contributed by atoms with Gasteiger partial charge < -0.3 is 45.0 Å². The Kier molecular flexibility index (Phi) is 17.0. The molecule has 0 aromatic rings. The fourth-order valence-electron chi connectivity index (χ4n) is 3.01. The van der Waals surface area contributed by atoms with E-state index in [2.05, 4.69) is 30.8 Å². The second-order valence-corrected chi connectivity index (χ2v) is 9.66. The molecule has 10 nitrogen and oxygen atoms in total. The molecule has 31 heteroatoms. The zero-order valence-corrected chi connectivity index (χ0v) is 25.7. The van der Waals surface area contributed by atoms with E-state index >= 15 is 0 Å². The number of hydrogen-bond donors (Lipinski definition) is 4. The molecule has 0 heterocycles. The third kappa shape index (κ3) is 14.9. The number of carbonyl (C=O) groups excluding carboxylic acids is 1. The fraction of sp³-hybridized carbons (Fsp3) is 0.864. The molecule has 4 N–H and O–H groups in total. The Hall–Kier alpha value is -3.06. The van der Waals surface area contributed by atoms with Crippen molar-refractivity contribution in [3.63, 3.8) is 0 Å². The van der Waals surface area contributed by atoms with Crippen molar-refractivity contribution < 1.29 is 121 Å². The van der Waals surface area contributed by atoms with Gasteiger partial charge in [-0.2, -0.15) is 92.2 Å². The zero-order valence-electron chi connectivity index (χ0n) is 25.7. The summed E-state index contributed by atoms with van der Waals surface area (Å²) in [6.45, 7) is -6.38. The summed E-state index contributed by atoms with van der Waals surface area (Å²) in [7, 11) is -0.222. The van der Waals surface area contributed by atoms with Crippen LogP contribution in [-0.2, 0) is 23.7 Å². The molecule has 0 aromatic heterocycles. The molecule has 0 spiro atoms. The summed E-state index contributed by atoms with van der Waals surface area (Å²) in [6.07, 6.45) is -52.4. The Morgan fingerprint density at radius 2 is 0.981 bits per heavy atom. The zero-order chi connectivity index (χ0) is 42.1. The molecule has 0 aliphatic heterocycles. The van der Waals surface area contributed by atoms with Gasteiger partial charge in [0.1, 0.15) is 6.61 Å². The van der Waals surface area contributed by atoms with Crippen molar-refractivity contribution >= 4 is 6.03 Å². The highest BCUT2D eigenvalue weighted by atomic mass is 19.4. The quantitative estimate of drug-likeness (QED) is 0.0860. The molecule has 4 atom stereocenters. The standard InChI is InChI=1S/C22H25F21N4O6/c1-10(46-7-11(15(26,27)28)52-21(40,41)17(32,49-2)19(34,35)36)44-3-5-50-6-4-45-13(48)47-8-12(16(29,30)31)53-22(42,43)18(33,20(37,38)39)51-9-14(23,24)25/h11-12,44,46H,1,3-9H2,2H3,(H2,45,47,48). The summed E-state index contributed by atoms with van der Waals surface area (Å²) in [5.74, 6) is -13.4. The van der Waals surface area contributed by atoms with Crippen LogP contribution in [0.2, 0.25) is 0 Å². The Morgan fingerprint density at radius 1 is 0.585 bits per heavy atom.